The highest BCUT2D eigenvalue weighted by molar-refractivity contribution is 8.00. The van der Waals surface area contributed by atoms with Crippen molar-refractivity contribution in [3.05, 3.63) is 64.7 Å². The first-order valence-corrected chi connectivity index (χ1v) is 10.9. The van der Waals surface area contributed by atoms with Gasteiger partial charge < -0.3 is 4.74 Å². The average Bonchev–Trinajstić information content (AvgIpc) is 2.59. The maximum absolute atomic E-state index is 11.9. The summed E-state index contributed by atoms with van der Waals surface area (Å²) in [5.74, 6) is 3.86. The van der Waals surface area contributed by atoms with Crippen molar-refractivity contribution in [1.29, 1.82) is 0 Å². The van der Waals surface area contributed by atoms with Gasteiger partial charge in [0.1, 0.15) is 11.9 Å². The summed E-state index contributed by atoms with van der Waals surface area (Å²) in [6.45, 7) is 0. The molecule has 0 spiro atoms. The van der Waals surface area contributed by atoms with E-state index in [2.05, 4.69) is 10.5 Å². The van der Waals surface area contributed by atoms with Gasteiger partial charge in [0.15, 0.2) is 0 Å². The molecule has 2 aromatic carbocycles. The number of rotatable bonds is 8. The average molecular weight is 407 g/mol. The first-order chi connectivity index (χ1) is 12.7. The van der Waals surface area contributed by atoms with Crippen molar-refractivity contribution in [3.63, 3.8) is 0 Å². The highest BCUT2D eigenvalue weighted by Crippen LogP contribution is 2.24. The molecule has 0 aliphatic carbocycles. The Morgan fingerprint density at radius 3 is 2.92 bits per heavy atom. The smallest absolute Gasteiger partial charge is 0.250 e. The molecule has 0 bridgehead atoms. The van der Waals surface area contributed by atoms with Crippen LogP contribution in [0.5, 0.6) is 5.75 Å². The molecule has 0 saturated carbocycles. The van der Waals surface area contributed by atoms with Crippen LogP contribution in [0.2, 0.25) is 5.02 Å². The number of ether oxygens (including phenoxy) is 1. The lowest BCUT2D eigenvalue weighted by Gasteiger charge is -2.25. The van der Waals surface area contributed by atoms with E-state index in [0.29, 0.717) is 16.9 Å². The minimum Gasteiger partial charge on any atom is -0.489 e. The largest absolute Gasteiger partial charge is 0.489 e. The van der Waals surface area contributed by atoms with Crippen molar-refractivity contribution in [1.82, 2.24) is 5.43 Å². The fraction of sp³-hybridized carbons (Fsp3) is 0.263. The van der Waals surface area contributed by atoms with Crippen molar-refractivity contribution in [3.8, 4) is 5.75 Å². The summed E-state index contributed by atoms with van der Waals surface area (Å²) in [4.78, 5) is 11.9. The van der Waals surface area contributed by atoms with Gasteiger partial charge in [-0.25, -0.2) is 5.43 Å². The van der Waals surface area contributed by atoms with Crippen LogP contribution < -0.4 is 10.2 Å². The van der Waals surface area contributed by atoms with Gasteiger partial charge in [0.05, 0.1) is 12.0 Å². The molecule has 1 amide bonds. The Balaban J connectivity index is 1.40. The summed E-state index contributed by atoms with van der Waals surface area (Å²) in [5, 5.41) is 4.72. The van der Waals surface area contributed by atoms with Gasteiger partial charge in [-0.05, 0) is 35.4 Å². The fourth-order valence-electron chi connectivity index (χ4n) is 2.24. The van der Waals surface area contributed by atoms with E-state index in [9.17, 15) is 4.79 Å². The third-order valence-electron chi connectivity index (χ3n) is 3.56. The van der Waals surface area contributed by atoms with Gasteiger partial charge in [0.2, 0.25) is 5.91 Å². The van der Waals surface area contributed by atoms with Crippen LogP contribution in [0.15, 0.2) is 53.6 Å². The van der Waals surface area contributed by atoms with Gasteiger partial charge in [-0.15, -0.1) is 11.8 Å². The molecule has 2 aromatic rings. The maximum atomic E-state index is 11.9. The van der Waals surface area contributed by atoms with Crippen LogP contribution in [0.1, 0.15) is 11.1 Å². The van der Waals surface area contributed by atoms with Crippen LogP contribution in [-0.4, -0.2) is 35.5 Å². The normalized spacial score (nSPS) is 14.2. The van der Waals surface area contributed by atoms with Gasteiger partial charge in [-0.2, -0.15) is 16.9 Å². The molecule has 0 radical (unpaired) electrons. The van der Waals surface area contributed by atoms with Gasteiger partial charge in [-0.3, -0.25) is 4.79 Å². The predicted octanol–water partition coefficient (Wildman–Crippen LogP) is 4.22. The fourth-order valence-corrected chi connectivity index (χ4v) is 3.79. The van der Waals surface area contributed by atoms with Crippen molar-refractivity contribution in [2.45, 2.75) is 11.9 Å². The molecular formula is C19H19ClN2O2S2. The number of carbonyl (C=O) groups excluding carboxylic acids is 1. The van der Waals surface area contributed by atoms with Crippen LogP contribution in [-0.2, 0) is 10.5 Å². The standard InChI is InChI=1S/C19H19ClN2O2S2/c20-16-5-1-4-15(7-16)10-25-13-19(23)22-21-9-14-3-2-6-17(8-14)24-18-11-26-12-18/h1-9,18H,10-13H2,(H,22,23)/b21-9+. The minimum atomic E-state index is -0.132. The summed E-state index contributed by atoms with van der Waals surface area (Å²) in [5.41, 5.74) is 4.54. The molecule has 1 N–H and O–H groups in total. The molecule has 7 heteroatoms. The molecule has 26 heavy (non-hydrogen) atoms. The number of amides is 1. The van der Waals surface area contributed by atoms with Crippen LogP contribution in [0, 0.1) is 0 Å². The van der Waals surface area contributed by atoms with Crippen LogP contribution in [0.25, 0.3) is 0 Å². The lowest BCUT2D eigenvalue weighted by molar-refractivity contribution is -0.118. The van der Waals surface area contributed by atoms with Crippen LogP contribution in [0.4, 0.5) is 0 Å². The SMILES string of the molecule is O=C(CSCc1cccc(Cl)c1)N/N=C/c1cccc(OC2CSC2)c1. The lowest BCUT2D eigenvalue weighted by Crippen LogP contribution is -2.31. The van der Waals surface area contributed by atoms with E-state index in [-0.39, 0.29) is 5.91 Å². The molecule has 0 aromatic heterocycles. The molecule has 1 aliphatic heterocycles. The number of hydrogen-bond acceptors (Lipinski definition) is 5. The van der Waals surface area contributed by atoms with Crippen LogP contribution in [0.3, 0.4) is 0 Å². The second-order valence-corrected chi connectivity index (χ2v) is 8.26. The van der Waals surface area contributed by atoms with Gasteiger partial charge >= 0.3 is 0 Å². The Bertz CT molecular complexity index is 782. The Morgan fingerprint density at radius 2 is 2.15 bits per heavy atom. The molecule has 4 nitrogen and oxygen atoms in total. The number of carbonyl (C=O) groups is 1. The molecule has 0 atom stereocenters. The number of nitrogens with one attached hydrogen (secondary N) is 1. The quantitative estimate of drug-likeness (QED) is 0.526. The zero-order valence-electron chi connectivity index (χ0n) is 14.1. The number of halogens is 1. The third kappa shape index (κ3) is 6.27. The maximum Gasteiger partial charge on any atom is 0.250 e. The van der Waals surface area contributed by atoms with Gasteiger partial charge in [0.25, 0.3) is 0 Å². The Labute approximate surface area is 166 Å². The highest BCUT2D eigenvalue weighted by atomic mass is 35.5. The van der Waals surface area contributed by atoms with E-state index in [1.807, 2.05) is 60.3 Å². The lowest BCUT2D eigenvalue weighted by atomic mass is 10.2. The number of nitrogens with zero attached hydrogens (tertiary/aromatic N) is 1. The molecule has 1 aliphatic rings. The van der Waals surface area contributed by atoms with Gasteiger partial charge in [0, 0.05) is 22.3 Å². The minimum absolute atomic E-state index is 0.132. The zero-order chi connectivity index (χ0) is 18.2. The third-order valence-corrected chi connectivity index (χ3v) is 6.02. The number of benzene rings is 2. The number of hydrazone groups is 1. The molecule has 136 valence electrons. The first-order valence-electron chi connectivity index (χ1n) is 8.17. The molecule has 1 heterocycles. The highest BCUT2D eigenvalue weighted by Gasteiger charge is 2.19. The first kappa shape index (κ1) is 19.1. The number of thioether (sulfide) groups is 2. The summed E-state index contributed by atoms with van der Waals surface area (Å²) in [7, 11) is 0. The Kier molecular flexibility index (Phi) is 7.29. The number of hydrogen-bond donors (Lipinski definition) is 1. The molecular weight excluding hydrogens is 388 g/mol. The van der Waals surface area contributed by atoms with E-state index in [1.165, 1.54) is 11.8 Å². The monoisotopic (exact) mass is 406 g/mol. The zero-order valence-corrected chi connectivity index (χ0v) is 16.4. The predicted molar refractivity (Wildman–Crippen MR) is 112 cm³/mol. The van der Waals surface area contributed by atoms with Gasteiger partial charge in [-0.1, -0.05) is 35.9 Å². The van der Waals surface area contributed by atoms with E-state index in [1.54, 1.807) is 6.21 Å². The van der Waals surface area contributed by atoms with E-state index in [0.717, 1.165) is 34.1 Å². The summed E-state index contributed by atoms with van der Waals surface area (Å²) < 4.78 is 5.84. The topological polar surface area (TPSA) is 50.7 Å². The van der Waals surface area contributed by atoms with Crippen molar-refractivity contribution >= 4 is 47.2 Å². The van der Waals surface area contributed by atoms with Crippen molar-refractivity contribution < 1.29 is 9.53 Å². The molecule has 1 fully saturated rings. The van der Waals surface area contributed by atoms with E-state index >= 15 is 0 Å². The van der Waals surface area contributed by atoms with Crippen molar-refractivity contribution in [2.24, 2.45) is 5.10 Å². The second-order valence-electron chi connectivity index (χ2n) is 5.77. The Hall–Kier alpha value is -1.63. The van der Waals surface area contributed by atoms with Crippen LogP contribution >= 0.6 is 35.1 Å². The van der Waals surface area contributed by atoms with E-state index in [4.69, 9.17) is 16.3 Å². The Morgan fingerprint density at radius 1 is 1.31 bits per heavy atom. The molecule has 3 rings (SSSR count). The molecule has 0 unspecified atom stereocenters. The molecule has 1 saturated heterocycles. The summed E-state index contributed by atoms with van der Waals surface area (Å²) in [6, 6.07) is 15.3. The summed E-state index contributed by atoms with van der Waals surface area (Å²) in [6.07, 6.45) is 1.94. The van der Waals surface area contributed by atoms with Crippen molar-refractivity contribution in [2.75, 3.05) is 17.3 Å². The second kappa shape index (κ2) is 9.90. The summed E-state index contributed by atoms with van der Waals surface area (Å²) >= 11 is 9.35. The van der Waals surface area contributed by atoms with E-state index < -0.39 is 0 Å².